The van der Waals surface area contributed by atoms with Crippen LogP contribution in [0.2, 0.25) is 0 Å². The van der Waals surface area contributed by atoms with Crippen molar-refractivity contribution in [3.05, 3.63) is 23.8 Å². The van der Waals surface area contributed by atoms with Crippen LogP contribution in [0.3, 0.4) is 0 Å². The maximum atomic E-state index is 12.3. The number of carboxylic acid groups (broad SMARTS) is 1. The molecule has 0 spiro atoms. The van der Waals surface area contributed by atoms with Gasteiger partial charge in [0, 0.05) is 34.2 Å². The Kier molecular flexibility index (Phi) is 15.0. The van der Waals surface area contributed by atoms with Crippen LogP contribution in [0.5, 0.6) is 11.5 Å². The molecule has 3 N–H and O–H groups in total. The van der Waals surface area contributed by atoms with Crippen molar-refractivity contribution in [3.63, 3.8) is 0 Å². The molecule has 1 aromatic rings. The van der Waals surface area contributed by atoms with Crippen LogP contribution in [0.4, 0.5) is 4.79 Å². The fourth-order valence-electron chi connectivity index (χ4n) is 4.94. The molecule has 1 atom stereocenters. The fraction of sp³-hybridized carbons (Fsp3) is 0.742. The van der Waals surface area contributed by atoms with E-state index in [1.54, 1.807) is 42.8 Å². The van der Waals surface area contributed by atoms with E-state index in [0.717, 1.165) is 12.1 Å². The van der Waals surface area contributed by atoms with Gasteiger partial charge in [0.2, 0.25) is 0 Å². The largest absolute Gasteiger partial charge is 0.497 e. The molecule has 0 bridgehead atoms. The molecule has 8 nitrogen and oxygen atoms in total. The third-order valence-electron chi connectivity index (χ3n) is 7.21. The van der Waals surface area contributed by atoms with E-state index >= 15 is 0 Å². The van der Waals surface area contributed by atoms with Gasteiger partial charge in [0.25, 0.3) is 0 Å². The summed E-state index contributed by atoms with van der Waals surface area (Å²) in [6, 6.07) is 5.88. The van der Waals surface area contributed by atoms with Gasteiger partial charge in [0.1, 0.15) is 23.1 Å². The van der Waals surface area contributed by atoms with Crippen molar-refractivity contribution in [1.82, 2.24) is 10.6 Å². The molecule has 1 unspecified atom stereocenters. The van der Waals surface area contributed by atoms with Crippen molar-refractivity contribution >= 4 is 33.7 Å². The number of rotatable bonds is 11. The normalized spacial score (nSPS) is 17.5. The number of carboxylic acids is 1. The third-order valence-corrected chi connectivity index (χ3v) is 10.6. The number of amides is 1. The van der Waals surface area contributed by atoms with Crippen molar-refractivity contribution in [2.75, 3.05) is 20.0 Å². The van der Waals surface area contributed by atoms with Crippen LogP contribution in [0, 0.1) is 0 Å². The molecule has 2 saturated carbocycles. The molecule has 41 heavy (non-hydrogen) atoms. The predicted octanol–water partition coefficient (Wildman–Crippen LogP) is 7.54. The molecule has 0 aliphatic heterocycles. The Bertz CT molecular complexity index is 903. The first kappa shape index (κ1) is 35.4. The second kappa shape index (κ2) is 17.4. The minimum absolute atomic E-state index is 0.0123. The molecule has 3 rings (SSSR count). The van der Waals surface area contributed by atoms with Crippen LogP contribution in [0.25, 0.3) is 0 Å². The molecule has 1 amide bonds. The average Bonchev–Trinajstić information content (AvgIpc) is 2.92. The molecule has 234 valence electrons. The van der Waals surface area contributed by atoms with Crippen LogP contribution in [0.1, 0.15) is 104 Å². The smallest absolute Gasteiger partial charge is 0.408 e. The number of nitrogens with one attached hydrogen (secondary N) is 2. The van der Waals surface area contributed by atoms with E-state index in [2.05, 4.69) is 10.6 Å². The Morgan fingerprint density at radius 2 is 1.37 bits per heavy atom. The van der Waals surface area contributed by atoms with Gasteiger partial charge in [-0.15, -0.1) is 0 Å². The van der Waals surface area contributed by atoms with E-state index in [1.165, 1.54) is 89.2 Å². The number of ether oxygens (including phenoxy) is 3. The molecule has 0 radical (unpaired) electrons. The molecule has 0 heterocycles. The van der Waals surface area contributed by atoms with Gasteiger partial charge in [0.05, 0.1) is 14.2 Å². The van der Waals surface area contributed by atoms with E-state index in [1.807, 2.05) is 20.8 Å². The van der Waals surface area contributed by atoms with Crippen molar-refractivity contribution in [3.8, 4) is 11.5 Å². The highest BCUT2D eigenvalue weighted by Gasteiger charge is 2.30. The van der Waals surface area contributed by atoms with Crippen LogP contribution in [0.15, 0.2) is 18.2 Å². The number of alkyl carbamates (subject to hydrolysis) is 1. The number of aliphatic carboxylic acids is 1. The molecule has 2 aliphatic carbocycles. The zero-order valence-corrected chi connectivity index (χ0v) is 27.7. The Morgan fingerprint density at radius 1 is 0.878 bits per heavy atom. The van der Waals surface area contributed by atoms with Gasteiger partial charge in [0.15, 0.2) is 0 Å². The molecule has 2 fully saturated rings. The lowest BCUT2D eigenvalue weighted by Crippen LogP contribution is -2.44. The Morgan fingerprint density at radius 3 is 1.78 bits per heavy atom. The summed E-state index contributed by atoms with van der Waals surface area (Å²) in [7, 11) is 6.02. The summed E-state index contributed by atoms with van der Waals surface area (Å²) >= 11 is 0. The lowest BCUT2D eigenvalue weighted by atomic mass is 9.91. The van der Waals surface area contributed by atoms with E-state index in [-0.39, 0.29) is 10.5 Å². The highest BCUT2D eigenvalue weighted by molar-refractivity contribution is 8.77. The first-order valence-electron chi connectivity index (χ1n) is 14.9. The monoisotopic (exact) mass is 612 g/mol. The van der Waals surface area contributed by atoms with Crippen molar-refractivity contribution in [2.45, 2.75) is 127 Å². The highest BCUT2D eigenvalue weighted by Crippen LogP contribution is 2.35. The molecule has 1 aromatic carbocycles. The minimum Gasteiger partial charge on any atom is -0.497 e. The topological polar surface area (TPSA) is 106 Å². The quantitative estimate of drug-likeness (QED) is 0.219. The number of hydrogen-bond donors (Lipinski definition) is 3. The van der Waals surface area contributed by atoms with Crippen molar-refractivity contribution in [2.24, 2.45) is 0 Å². The van der Waals surface area contributed by atoms with Crippen molar-refractivity contribution < 1.29 is 28.9 Å². The molecule has 0 aromatic heterocycles. The zero-order valence-electron chi connectivity index (χ0n) is 26.0. The molecular weight excluding hydrogens is 560 g/mol. The predicted molar refractivity (Wildman–Crippen MR) is 170 cm³/mol. The summed E-state index contributed by atoms with van der Waals surface area (Å²) in [4.78, 5) is 23.8. The summed E-state index contributed by atoms with van der Waals surface area (Å²) in [6.07, 6.45) is 13.8. The number of methoxy groups -OCH3 is 2. The first-order chi connectivity index (χ1) is 19.3. The van der Waals surface area contributed by atoms with Gasteiger partial charge in [-0.3, -0.25) is 0 Å². The maximum absolute atomic E-state index is 12.3. The first-order valence-corrected chi connectivity index (χ1v) is 17.2. The maximum Gasteiger partial charge on any atom is 0.408 e. The third kappa shape index (κ3) is 13.8. The standard InChI is InChI=1S/C19H29NO6S2.C12H23N/c1-18(2,3)28-27-11-15(16(21)22)20-17(23)26-19(4,5)12-8-13(24-6)10-14(9-12)25-7;1-3-7-11(8-4-1)13-12-9-5-2-6-10-12/h8-10,15H,11H2,1-7H3,(H,20,23)(H,21,22);11-13H,1-10H2. The van der Waals surface area contributed by atoms with Crippen LogP contribution >= 0.6 is 21.6 Å². The summed E-state index contributed by atoms with van der Waals surface area (Å²) in [5.74, 6) is 0.232. The summed E-state index contributed by atoms with van der Waals surface area (Å²) in [5, 5.41) is 15.7. The Labute approximate surface area is 255 Å². The van der Waals surface area contributed by atoms with E-state index in [9.17, 15) is 14.7 Å². The summed E-state index contributed by atoms with van der Waals surface area (Å²) in [6.45, 7) is 9.52. The summed E-state index contributed by atoms with van der Waals surface area (Å²) in [5.41, 5.74) is -0.370. The highest BCUT2D eigenvalue weighted by atomic mass is 33.1. The van der Waals surface area contributed by atoms with E-state index < -0.39 is 23.7 Å². The minimum atomic E-state index is -1.11. The average molecular weight is 613 g/mol. The lowest BCUT2D eigenvalue weighted by Gasteiger charge is -2.30. The second-order valence-corrected chi connectivity index (χ2v) is 15.5. The van der Waals surface area contributed by atoms with E-state index in [4.69, 9.17) is 14.2 Å². The molecular formula is C31H52N2O6S2. The van der Waals surface area contributed by atoms with Crippen molar-refractivity contribution in [1.29, 1.82) is 0 Å². The van der Waals surface area contributed by atoms with Gasteiger partial charge in [-0.2, -0.15) is 0 Å². The van der Waals surface area contributed by atoms with Gasteiger partial charge in [-0.05, 0) is 51.7 Å². The number of benzene rings is 1. The second-order valence-electron chi connectivity index (χ2n) is 12.4. The zero-order chi connectivity index (χ0) is 30.5. The number of carbonyl (C=O) groups is 2. The number of carbonyl (C=O) groups excluding carboxylic acids is 1. The number of hydrogen-bond acceptors (Lipinski definition) is 8. The van der Waals surface area contributed by atoms with Gasteiger partial charge in [-0.25, -0.2) is 9.59 Å². The van der Waals surface area contributed by atoms with Crippen LogP contribution in [-0.2, 0) is 15.1 Å². The van der Waals surface area contributed by atoms with Crippen LogP contribution in [-0.4, -0.2) is 60.0 Å². The van der Waals surface area contributed by atoms with Gasteiger partial charge < -0.3 is 30.0 Å². The Hall–Kier alpha value is -1.78. The fourth-order valence-corrected chi connectivity index (χ4v) is 7.40. The SMILES string of the molecule is C1CCC(NC2CCCCC2)CC1.COc1cc(OC)cc(C(C)(C)OC(=O)NC(CSSC(C)(C)C)C(=O)O)c1. The molecule has 10 heteroatoms. The van der Waals surface area contributed by atoms with E-state index in [0.29, 0.717) is 17.1 Å². The summed E-state index contributed by atoms with van der Waals surface area (Å²) < 4.78 is 16.0. The van der Waals surface area contributed by atoms with Gasteiger partial charge in [-0.1, -0.05) is 80.9 Å². The van der Waals surface area contributed by atoms with Crippen LogP contribution < -0.4 is 20.1 Å². The Balaban J connectivity index is 0.000000372. The van der Waals surface area contributed by atoms with Gasteiger partial charge >= 0.3 is 12.1 Å². The molecule has 0 saturated heterocycles. The lowest BCUT2D eigenvalue weighted by molar-refractivity contribution is -0.138. The molecule has 2 aliphatic rings.